The Morgan fingerprint density at radius 2 is 2.60 bits per heavy atom. The van der Waals surface area contributed by atoms with Crippen molar-refractivity contribution in [3.63, 3.8) is 0 Å². The molecule has 4 heteroatoms. The SMILES string of the molecule is N=C(N)N=C1C=NC=CC1. The Morgan fingerprint density at radius 3 is 3.10 bits per heavy atom. The van der Waals surface area contributed by atoms with Crippen LogP contribution in [0.15, 0.2) is 22.3 Å². The molecule has 0 aromatic carbocycles. The summed E-state index contributed by atoms with van der Waals surface area (Å²) in [5, 5.41) is 6.84. The van der Waals surface area contributed by atoms with Gasteiger partial charge >= 0.3 is 0 Å². The van der Waals surface area contributed by atoms with E-state index in [9.17, 15) is 0 Å². The molecule has 0 aromatic rings. The van der Waals surface area contributed by atoms with Crippen molar-refractivity contribution in [3.05, 3.63) is 12.3 Å². The van der Waals surface area contributed by atoms with E-state index >= 15 is 0 Å². The summed E-state index contributed by atoms with van der Waals surface area (Å²) in [5.74, 6) is -0.170. The van der Waals surface area contributed by atoms with Crippen LogP contribution in [-0.2, 0) is 0 Å². The fourth-order valence-corrected chi connectivity index (χ4v) is 0.645. The Bertz CT molecular complexity index is 224. The second-order valence-electron chi connectivity index (χ2n) is 1.86. The van der Waals surface area contributed by atoms with Crippen LogP contribution in [0.25, 0.3) is 0 Å². The fraction of sp³-hybridized carbons (Fsp3) is 0.167. The number of rotatable bonds is 0. The molecule has 4 nitrogen and oxygen atoms in total. The molecule has 1 aliphatic rings. The summed E-state index contributed by atoms with van der Waals surface area (Å²) in [6.07, 6.45) is 5.87. The maximum Gasteiger partial charge on any atom is 0.212 e. The standard InChI is InChI=1S/C6H8N4/c7-6(8)10-5-2-1-3-9-4-5/h1,3-4H,2H2,(H3,7,8). The van der Waals surface area contributed by atoms with Gasteiger partial charge in [0.2, 0.25) is 5.96 Å². The van der Waals surface area contributed by atoms with Gasteiger partial charge in [-0.1, -0.05) is 6.08 Å². The van der Waals surface area contributed by atoms with Gasteiger partial charge in [-0.05, 0) is 0 Å². The lowest BCUT2D eigenvalue weighted by atomic mass is 10.2. The third kappa shape index (κ3) is 1.81. The maximum absolute atomic E-state index is 6.84. The molecular weight excluding hydrogens is 128 g/mol. The van der Waals surface area contributed by atoms with Crippen LogP contribution in [0.2, 0.25) is 0 Å². The molecule has 1 rings (SSSR count). The van der Waals surface area contributed by atoms with Crippen LogP contribution >= 0.6 is 0 Å². The summed E-state index contributed by atoms with van der Waals surface area (Å²) in [6.45, 7) is 0. The summed E-state index contributed by atoms with van der Waals surface area (Å²) in [5.41, 5.74) is 5.76. The minimum absolute atomic E-state index is 0.170. The van der Waals surface area contributed by atoms with Gasteiger partial charge in [0, 0.05) is 18.8 Å². The molecule has 10 heavy (non-hydrogen) atoms. The lowest BCUT2D eigenvalue weighted by Crippen LogP contribution is -2.11. The first-order valence-corrected chi connectivity index (χ1v) is 2.89. The highest BCUT2D eigenvalue weighted by atomic mass is 15.0. The van der Waals surface area contributed by atoms with E-state index in [2.05, 4.69) is 9.98 Å². The smallest absolute Gasteiger partial charge is 0.212 e. The lowest BCUT2D eigenvalue weighted by molar-refractivity contribution is 1.34. The number of aliphatic imine (C=N–C) groups is 2. The molecule has 3 N–H and O–H groups in total. The zero-order valence-electron chi connectivity index (χ0n) is 5.41. The van der Waals surface area contributed by atoms with Crippen molar-refractivity contribution in [3.8, 4) is 0 Å². The average Bonchev–Trinajstić information content (AvgIpc) is 1.88. The fourth-order valence-electron chi connectivity index (χ4n) is 0.645. The first-order valence-electron chi connectivity index (χ1n) is 2.89. The summed E-state index contributed by atoms with van der Waals surface area (Å²) < 4.78 is 0. The molecule has 1 aliphatic heterocycles. The van der Waals surface area contributed by atoms with Gasteiger partial charge in [-0.3, -0.25) is 10.4 Å². The highest BCUT2D eigenvalue weighted by Crippen LogP contribution is 1.93. The lowest BCUT2D eigenvalue weighted by Gasteiger charge is -1.97. The number of nitrogens with two attached hydrogens (primary N) is 1. The molecule has 0 saturated carbocycles. The maximum atomic E-state index is 6.84. The molecule has 1 heterocycles. The van der Waals surface area contributed by atoms with E-state index in [1.165, 1.54) is 0 Å². The second kappa shape index (κ2) is 2.91. The number of hydrogen-bond acceptors (Lipinski definition) is 2. The molecule has 52 valence electrons. The Morgan fingerprint density at radius 1 is 1.80 bits per heavy atom. The molecule has 0 aromatic heterocycles. The molecule has 0 bridgehead atoms. The van der Waals surface area contributed by atoms with E-state index in [1.54, 1.807) is 12.4 Å². The van der Waals surface area contributed by atoms with Crippen LogP contribution in [0.3, 0.4) is 0 Å². The van der Waals surface area contributed by atoms with E-state index in [1.807, 2.05) is 6.08 Å². The quantitative estimate of drug-likeness (QED) is 0.365. The minimum atomic E-state index is -0.170. The third-order valence-electron chi connectivity index (χ3n) is 1.01. The number of allylic oxidation sites excluding steroid dienone is 1. The molecule has 0 atom stereocenters. The zero-order chi connectivity index (χ0) is 7.40. The number of guanidine groups is 1. The molecule has 0 amide bonds. The Kier molecular flexibility index (Phi) is 1.94. The number of hydrogen-bond donors (Lipinski definition) is 2. The second-order valence-corrected chi connectivity index (χ2v) is 1.86. The van der Waals surface area contributed by atoms with Crippen molar-refractivity contribution in [2.24, 2.45) is 15.7 Å². The molecule has 0 fully saturated rings. The van der Waals surface area contributed by atoms with E-state index < -0.39 is 0 Å². The van der Waals surface area contributed by atoms with Crippen LogP contribution in [0.1, 0.15) is 6.42 Å². The predicted octanol–water partition coefficient (Wildman–Crippen LogP) is 0.309. The number of nitrogens with zero attached hydrogens (tertiary/aromatic N) is 2. The number of nitrogens with one attached hydrogen (secondary N) is 1. The molecule has 0 radical (unpaired) electrons. The van der Waals surface area contributed by atoms with Gasteiger partial charge in [0.25, 0.3) is 0 Å². The Hall–Kier alpha value is -1.45. The van der Waals surface area contributed by atoms with Crippen molar-refractivity contribution in [2.45, 2.75) is 6.42 Å². The van der Waals surface area contributed by atoms with Gasteiger partial charge in [0.15, 0.2) is 0 Å². The first-order chi connectivity index (χ1) is 4.79. The van der Waals surface area contributed by atoms with E-state index in [-0.39, 0.29) is 5.96 Å². The van der Waals surface area contributed by atoms with Crippen molar-refractivity contribution >= 4 is 17.9 Å². The minimum Gasteiger partial charge on any atom is -0.368 e. The summed E-state index contributed by atoms with van der Waals surface area (Å²) in [6, 6.07) is 0. The monoisotopic (exact) mass is 136 g/mol. The highest BCUT2D eigenvalue weighted by Gasteiger charge is 1.95. The first kappa shape index (κ1) is 6.67. The third-order valence-corrected chi connectivity index (χ3v) is 1.01. The van der Waals surface area contributed by atoms with Gasteiger partial charge in [-0.15, -0.1) is 0 Å². The molecule has 0 aliphatic carbocycles. The van der Waals surface area contributed by atoms with Gasteiger partial charge in [0.1, 0.15) is 0 Å². The predicted molar refractivity (Wildman–Crippen MR) is 41.6 cm³/mol. The van der Waals surface area contributed by atoms with E-state index in [0.717, 1.165) is 5.71 Å². The Labute approximate surface area is 58.7 Å². The van der Waals surface area contributed by atoms with Crippen LogP contribution in [0.4, 0.5) is 0 Å². The largest absolute Gasteiger partial charge is 0.368 e. The average molecular weight is 136 g/mol. The van der Waals surface area contributed by atoms with Crippen molar-refractivity contribution in [1.82, 2.24) is 0 Å². The molecule has 0 saturated heterocycles. The van der Waals surface area contributed by atoms with Crippen LogP contribution in [0, 0.1) is 5.41 Å². The van der Waals surface area contributed by atoms with Crippen LogP contribution < -0.4 is 5.73 Å². The molecular formula is C6H8N4. The van der Waals surface area contributed by atoms with Crippen LogP contribution in [0.5, 0.6) is 0 Å². The van der Waals surface area contributed by atoms with Gasteiger partial charge < -0.3 is 5.73 Å². The zero-order valence-corrected chi connectivity index (χ0v) is 5.41. The van der Waals surface area contributed by atoms with Gasteiger partial charge in [-0.25, -0.2) is 4.99 Å². The van der Waals surface area contributed by atoms with Crippen molar-refractivity contribution in [1.29, 1.82) is 5.41 Å². The normalized spacial score (nSPS) is 19.8. The van der Waals surface area contributed by atoms with Crippen molar-refractivity contribution in [2.75, 3.05) is 0 Å². The molecule has 0 unspecified atom stereocenters. The summed E-state index contributed by atoms with van der Waals surface area (Å²) in [4.78, 5) is 7.54. The highest BCUT2D eigenvalue weighted by molar-refractivity contribution is 6.33. The van der Waals surface area contributed by atoms with Gasteiger partial charge in [0.05, 0.1) is 5.71 Å². The molecule has 0 spiro atoms. The summed E-state index contributed by atoms with van der Waals surface area (Å²) >= 11 is 0. The van der Waals surface area contributed by atoms with Gasteiger partial charge in [-0.2, -0.15) is 0 Å². The summed E-state index contributed by atoms with van der Waals surface area (Å²) in [7, 11) is 0. The topological polar surface area (TPSA) is 74.6 Å². The van der Waals surface area contributed by atoms with E-state index in [4.69, 9.17) is 11.1 Å². The van der Waals surface area contributed by atoms with Crippen molar-refractivity contribution < 1.29 is 0 Å². The Balaban J connectivity index is 2.67. The van der Waals surface area contributed by atoms with Crippen LogP contribution in [-0.4, -0.2) is 17.9 Å². The van der Waals surface area contributed by atoms with E-state index in [0.29, 0.717) is 6.42 Å².